The van der Waals surface area contributed by atoms with Gasteiger partial charge in [0.05, 0.1) is 11.3 Å². The van der Waals surface area contributed by atoms with E-state index >= 15 is 0 Å². The van der Waals surface area contributed by atoms with Crippen molar-refractivity contribution in [2.24, 2.45) is 7.05 Å². The molecular formula is C16H22N4O. The van der Waals surface area contributed by atoms with Crippen LogP contribution in [0.3, 0.4) is 0 Å². The lowest BCUT2D eigenvalue weighted by atomic mass is 10.1. The zero-order chi connectivity index (χ0) is 15.4. The second-order valence-electron chi connectivity index (χ2n) is 5.49. The van der Waals surface area contributed by atoms with Crippen LogP contribution in [0.2, 0.25) is 0 Å². The van der Waals surface area contributed by atoms with Crippen LogP contribution in [0, 0.1) is 6.92 Å². The van der Waals surface area contributed by atoms with Gasteiger partial charge in [0.1, 0.15) is 0 Å². The molecule has 0 bridgehead atoms. The number of anilines is 1. The number of rotatable bonds is 5. The molecule has 5 heteroatoms. The molecule has 2 aromatic rings. The second-order valence-corrected chi connectivity index (χ2v) is 5.49. The van der Waals surface area contributed by atoms with Gasteiger partial charge in [0.25, 0.3) is 5.91 Å². The number of carbonyl (C=O) groups is 1. The molecule has 0 radical (unpaired) electrons. The minimum absolute atomic E-state index is 0.130. The van der Waals surface area contributed by atoms with Gasteiger partial charge in [0.15, 0.2) is 0 Å². The quantitative estimate of drug-likeness (QED) is 0.887. The molecule has 0 aliphatic heterocycles. The van der Waals surface area contributed by atoms with Gasteiger partial charge in [-0.3, -0.25) is 9.48 Å². The van der Waals surface area contributed by atoms with E-state index < -0.39 is 0 Å². The van der Waals surface area contributed by atoms with Crippen LogP contribution in [0.5, 0.6) is 0 Å². The highest BCUT2D eigenvalue weighted by molar-refractivity contribution is 6.04. The zero-order valence-corrected chi connectivity index (χ0v) is 13.0. The summed E-state index contributed by atoms with van der Waals surface area (Å²) in [4.78, 5) is 12.2. The van der Waals surface area contributed by atoms with Crippen LogP contribution in [0.4, 0.5) is 5.69 Å². The molecular weight excluding hydrogens is 264 g/mol. The van der Waals surface area contributed by atoms with Crippen molar-refractivity contribution in [1.82, 2.24) is 15.1 Å². The Morgan fingerprint density at radius 2 is 2.14 bits per heavy atom. The maximum absolute atomic E-state index is 12.2. The molecule has 1 amide bonds. The fourth-order valence-corrected chi connectivity index (χ4v) is 2.10. The Morgan fingerprint density at radius 1 is 1.38 bits per heavy atom. The summed E-state index contributed by atoms with van der Waals surface area (Å²) < 4.78 is 1.65. The van der Waals surface area contributed by atoms with Gasteiger partial charge in [-0.05, 0) is 24.6 Å². The van der Waals surface area contributed by atoms with Crippen LogP contribution in [0.25, 0.3) is 0 Å². The third kappa shape index (κ3) is 4.16. The van der Waals surface area contributed by atoms with E-state index in [1.807, 2.05) is 38.2 Å². The van der Waals surface area contributed by atoms with Crippen LogP contribution in [-0.4, -0.2) is 21.7 Å². The van der Waals surface area contributed by atoms with Crippen molar-refractivity contribution >= 4 is 11.6 Å². The number of aryl methyl sites for hydroxylation is 2. The van der Waals surface area contributed by atoms with Crippen LogP contribution in [0.15, 0.2) is 30.5 Å². The minimum atomic E-state index is -0.130. The van der Waals surface area contributed by atoms with E-state index in [0.29, 0.717) is 11.6 Å². The van der Waals surface area contributed by atoms with E-state index in [0.717, 1.165) is 23.5 Å². The third-order valence-electron chi connectivity index (χ3n) is 3.16. The first-order valence-corrected chi connectivity index (χ1v) is 7.09. The highest BCUT2D eigenvalue weighted by Gasteiger charge is 2.12. The average molecular weight is 286 g/mol. The Hall–Kier alpha value is -2.14. The van der Waals surface area contributed by atoms with Crippen LogP contribution in [0.1, 0.15) is 35.5 Å². The first kappa shape index (κ1) is 15.3. The Balaban J connectivity index is 2.07. The molecule has 1 aromatic carbocycles. The first-order chi connectivity index (χ1) is 9.95. The summed E-state index contributed by atoms with van der Waals surface area (Å²) in [6.45, 7) is 6.83. The van der Waals surface area contributed by atoms with Gasteiger partial charge in [-0.2, -0.15) is 5.10 Å². The summed E-state index contributed by atoms with van der Waals surface area (Å²) in [6, 6.07) is 8.30. The van der Waals surface area contributed by atoms with Crippen molar-refractivity contribution in [2.45, 2.75) is 33.4 Å². The summed E-state index contributed by atoms with van der Waals surface area (Å²) in [5.41, 5.74) is 3.27. The molecule has 5 nitrogen and oxygen atoms in total. The van der Waals surface area contributed by atoms with Crippen LogP contribution >= 0.6 is 0 Å². The average Bonchev–Trinajstić information content (AvgIpc) is 2.76. The number of hydrogen-bond acceptors (Lipinski definition) is 3. The Morgan fingerprint density at radius 3 is 2.76 bits per heavy atom. The predicted molar refractivity (Wildman–Crippen MR) is 84.3 cm³/mol. The highest BCUT2D eigenvalue weighted by Crippen LogP contribution is 2.13. The number of hydrogen-bond donors (Lipinski definition) is 2. The third-order valence-corrected chi connectivity index (χ3v) is 3.16. The normalized spacial score (nSPS) is 10.9. The van der Waals surface area contributed by atoms with Gasteiger partial charge in [-0.1, -0.05) is 26.0 Å². The first-order valence-electron chi connectivity index (χ1n) is 7.09. The van der Waals surface area contributed by atoms with Crippen molar-refractivity contribution in [2.75, 3.05) is 5.32 Å². The number of nitrogens with one attached hydrogen (secondary N) is 2. The zero-order valence-electron chi connectivity index (χ0n) is 13.0. The van der Waals surface area contributed by atoms with Crippen molar-refractivity contribution in [1.29, 1.82) is 0 Å². The smallest absolute Gasteiger partial charge is 0.259 e. The van der Waals surface area contributed by atoms with Gasteiger partial charge in [-0.15, -0.1) is 0 Å². The summed E-state index contributed by atoms with van der Waals surface area (Å²) in [5.74, 6) is -0.130. The molecule has 0 unspecified atom stereocenters. The fourth-order valence-electron chi connectivity index (χ4n) is 2.10. The molecule has 21 heavy (non-hydrogen) atoms. The summed E-state index contributed by atoms with van der Waals surface area (Å²) >= 11 is 0. The molecule has 0 atom stereocenters. The van der Waals surface area contributed by atoms with Gasteiger partial charge < -0.3 is 10.6 Å². The Kier molecular flexibility index (Phi) is 4.75. The van der Waals surface area contributed by atoms with E-state index in [1.54, 1.807) is 10.9 Å². The SMILES string of the molecule is Cc1nn(C)cc1C(=O)Nc1cccc(CNC(C)C)c1. The number of nitrogens with zero attached hydrogens (tertiary/aromatic N) is 2. The van der Waals surface area contributed by atoms with Gasteiger partial charge in [0, 0.05) is 31.5 Å². The van der Waals surface area contributed by atoms with Crippen molar-refractivity contribution in [3.05, 3.63) is 47.3 Å². The number of carbonyl (C=O) groups excluding carboxylic acids is 1. The van der Waals surface area contributed by atoms with Gasteiger partial charge in [0.2, 0.25) is 0 Å². The van der Waals surface area contributed by atoms with E-state index in [-0.39, 0.29) is 5.91 Å². The molecule has 0 saturated carbocycles. The molecule has 0 spiro atoms. The number of aromatic nitrogens is 2. The molecule has 0 saturated heterocycles. The second kappa shape index (κ2) is 6.54. The highest BCUT2D eigenvalue weighted by atomic mass is 16.1. The molecule has 0 aliphatic carbocycles. The largest absolute Gasteiger partial charge is 0.322 e. The van der Waals surface area contributed by atoms with Crippen molar-refractivity contribution in [3.63, 3.8) is 0 Å². The van der Waals surface area contributed by atoms with Crippen molar-refractivity contribution < 1.29 is 4.79 Å². The van der Waals surface area contributed by atoms with E-state index in [2.05, 4.69) is 29.6 Å². The standard InChI is InChI=1S/C16H22N4O/c1-11(2)17-9-13-6-5-7-14(8-13)18-16(21)15-10-20(4)19-12(15)3/h5-8,10-11,17H,9H2,1-4H3,(H,18,21). The topological polar surface area (TPSA) is 59.0 Å². The van der Waals surface area contributed by atoms with E-state index in [9.17, 15) is 4.79 Å². The van der Waals surface area contributed by atoms with E-state index in [4.69, 9.17) is 0 Å². The summed E-state index contributed by atoms with van der Waals surface area (Å²) in [6.07, 6.45) is 1.73. The lowest BCUT2D eigenvalue weighted by Gasteiger charge is -2.10. The van der Waals surface area contributed by atoms with E-state index in [1.165, 1.54) is 0 Å². The van der Waals surface area contributed by atoms with Gasteiger partial charge in [-0.25, -0.2) is 0 Å². The molecule has 1 aromatic heterocycles. The number of amides is 1. The maximum Gasteiger partial charge on any atom is 0.259 e. The predicted octanol–water partition coefficient (Wildman–Crippen LogP) is 2.48. The minimum Gasteiger partial charge on any atom is -0.322 e. The van der Waals surface area contributed by atoms with Crippen LogP contribution in [-0.2, 0) is 13.6 Å². The maximum atomic E-state index is 12.2. The summed E-state index contributed by atoms with van der Waals surface area (Å²) in [5, 5.41) is 10.5. The molecule has 0 fully saturated rings. The summed E-state index contributed by atoms with van der Waals surface area (Å²) in [7, 11) is 1.81. The monoisotopic (exact) mass is 286 g/mol. The van der Waals surface area contributed by atoms with Gasteiger partial charge >= 0.3 is 0 Å². The van der Waals surface area contributed by atoms with Crippen LogP contribution < -0.4 is 10.6 Å². The number of benzene rings is 1. The Bertz CT molecular complexity index is 631. The molecule has 2 rings (SSSR count). The molecule has 2 N–H and O–H groups in total. The van der Waals surface area contributed by atoms with Crippen molar-refractivity contribution in [3.8, 4) is 0 Å². The molecule has 0 aliphatic rings. The molecule has 112 valence electrons. The fraction of sp³-hybridized carbons (Fsp3) is 0.375. The Labute approximate surface area is 125 Å². The lowest BCUT2D eigenvalue weighted by Crippen LogP contribution is -2.21. The molecule has 1 heterocycles. The lowest BCUT2D eigenvalue weighted by molar-refractivity contribution is 0.102.